The molecule has 0 fully saturated rings. The Bertz CT molecular complexity index is 1100. The van der Waals surface area contributed by atoms with E-state index in [1.54, 1.807) is 11.8 Å². The fraction of sp³-hybridized carbons (Fsp3) is 0.500. The Hall–Kier alpha value is -2.87. The Morgan fingerprint density at radius 1 is 0.972 bits per heavy atom. The zero-order valence-electron chi connectivity index (χ0n) is 22.5. The fourth-order valence-corrected chi connectivity index (χ4v) is 5.08. The number of nitrogens with one attached hydrogen (secondary N) is 1. The topological polar surface area (TPSA) is 86.8 Å². The van der Waals surface area contributed by atoms with Crippen molar-refractivity contribution in [2.24, 2.45) is 0 Å². The third-order valence-corrected chi connectivity index (χ3v) is 7.49. The third kappa shape index (κ3) is 8.97. The number of sulfonamides is 1. The summed E-state index contributed by atoms with van der Waals surface area (Å²) in [6.07, 6.45) is 3.11. The number of carbonyl (C=O) groups excluding carboxylic acids is 2. The van der Waals surface area contributed by atoms with Gasteiger partial charge in [0, 0.05) is 25.6 Å². The van der Waals surface area contributed by atoms with E-state index in [4.69, 9.17) is 0 Å². The number of anilines is 1. The summed E-state index contributed by atoms with van der Waals surface area (Å²) in [6, 6.07) is 14.9. The van der Waals surface area contributed by atoms with Gasteiger partial charge in [-0.05, 0) is 75.8 Å². The number of hydrogen-bond donors (Lipinski definition) is 1. The number of amides is 2. The number of rotatable bonds is 13. The first-order chi connectivity index (χ1) is 16.9. The molecular formula is C28H41N3O4S. The van der Waals surface area contributed by atoms with Crippen LogP contribution < -0.4 is 9.62 Å². The predicted octanol–water partition coefficient (Wildman–Crippen LogP) is 4.22. The summed E-state index contributed by atoms with van der Waals surface area (Å²) in [5, 5.41) is 2.97. The maximum absolute atomic E-state index is 13.3. The monoisotopic (exact) mass is 515 g/mol. The molecule has 0 saturated heterocycles. The van der Waals surface area contributed by atoms with Crippen molar-refractivity contribution in [1.82, 2.24) is 10.2 Å². The highest BCUT2D eigenvalue weighted by molar-refractivity contribution is 7.92. The molecular weight excluding hydrogens is 474 g/mol. The Kier molecular flexibility index (Phi) is 11.0. The molecule has 2 aromatic rings. The number of nitrogens with zero attached hydrogens (tertiary/aromatic N) is 2. The number of hydrogen-bond acceptors (Lipinski definition) is 4. The van der Waals surface area contributed by atoms with Gasteiger partial charge in [-0.3, -0.25) is 13.9 Å². The minimum absolute atomic E-state index is 0.0205. The van der Waals surface area contributed by atoms with Gasteiger partial charge >= 0.3 is 0 Å². The Balaban J connectivity index is 2.14. The molecule has 2 aromatic carbocycles. The summed E-state index contributed by atoms with van der Waals surface area (Å²) >= 11 is 0. The molecule has 0 radical (unpaired) electrons. The van der Waals surface area contributed by atoms with E-state index in [0.29, 0.717) is 25.1 Å². The van der Waals surface area contributed by atoms with Crippen LogP contribution in [0.5, 0.6) is 0 Å². The average molecular weight is 516 g/mol. The van der Waals surface area contributed by atoms with Crippen LogP contribution in [-0.4, -0.2) is 56.6 Å². The van der Waals surface area contributed by atoms with E-state index >= 15 is 0 Å². The van der Waals surface area contributed by atoms with Crippen molar-refractivity contribution in [3.05, 3.63) is 65.2 Å². The van der Waals surface area contributed by atoms with Gasteiger partial charge in [-0.1, -0.05) is 43.3 Å². The molecule has 1 N–H and O–H groups in total. The van der Waals surface area contributed by atoms with Crippen molar-refractivity contribution < 1.29 is 18.0 Å². The van der Waals surface area contributed by atoms with Crippen molar-refractivity contribution >= 4 is 27.5 Å². The smallest absolute Gasteiger partial charge is 0.242 e. The van der Waals surface area contributed by atoms with Gasteiger partial charge in [-0.15, -0.1) is 0 Å². The maximum Gasteiger partial charge on any atom is 0.242 e. The normalized spacial score (nSPS) is 13.1. The van der Waals surface area contributed by atoms with E-state index in [1.165, 1.54) is 10.6 Å². The highest BCUT2D eigenvalue weighted by Crippen LogP contribution is 2.22. The molecule has 0 aliphatic rings. The molecule has 0 heterocycles. The SMILES string of the molecule is CC[C@@H](C)NC(=O)[C@@H](C)N(CCc1ccccc1)C(=O)CCCN(c1cc(C)cc(C)c1)S(C)(=O)=O. The van der Waals surface area contributed by atoms with Gasteiger partial charge in [0.1, 0.15) is 6.04 Å². The molecule has 2 rings (SSSR count). The minimum atomic E-state index is -3.52. The van der Waals surface area contributed by atoms with Crippen LogP contribution in [0.1, 0.15) is 56.7 Å². The van der Waals surface area contributed by atoms with Crippen LogP contribution >= 0.6 is 0 Å². The van der Waals surface area contributed by atoms with E-state index in [0.717, 1.165) is 23.1 Å². The second-order valence-electron chi connectivity index (χ2n) is 9.60. The minimum Gasteiger partial charge on any atom is -0.352 e. The summed E-state index contributed by atoms with van der Waals surface area (Å²) in [5.74, 6) is -0.342. The summed E-state index contributed by atoms with van der Waals surface area (Å²) in [5.41, 5.74) is 3.64. The highest BCUT2D eigenvalue weighted by Gasteiger charge is 2.27. The van der Waals surface area contributed by atoms with Gasteiger partial charge in [0.25, 0.3) is 0 Å². The second kappa shape index (κ2) is 13.4. The molecule has 198 valence electrons. The largest absolute Gasteiger partial charge is 0.352 e. The van der Waals surface area contributed by atoms with Gasteiger partial charge in [0.15, 0.2) is 0 Å². The lowest BCUT2D eigenvalue weighted by Gasteiger charge is -2.30. The van der Waals surface area contributed by atoms with Crippen LogP contribution in [0.4, 0.5) is 5.69 Å². The van der Waals surface area contributed by atoms with Crippen molar-refractivity contribution in [3.63, 3.8) is 0 Å². The van der Waals surface area contributed by atoms with Crippen molar-refractivity contribution in [3.8, 4) is 0 Å². The van der Waals surface area contributed by atoms with Crippen LogP contribution in [-0.2, 0) is 26.0 Å². The zero-order chi connectivity index (χ0) is 26.9. The van der Waals surface area contributed by atoms with E-state index in [-0.39, 0.29) is 30.8 Å². The first-order valence-electron chi connectivity index (χ1n) is 12.6. The Morgan fingerprint density at radius 2 is 1.58 bits per heavy atom. The molecule has 2 atom stereocenters. The lowest BCUT2D eigenvalue weighted by Crippen LogP contribution is -2.50. The first-order valence-corrected chi connectivity index (χ1v) is 14.5. The van der Waals surface area contributed by atoms with Crippen molar-refractivity contribution in [2.45, 2.75) is 72.4 Å². The molecule has 7 nitrogen and oxygen atoms in total. The number of aryl methyl sites for hydroxylation is 2. The molecule has 0 spiro atoms. The van der Waals surface area contributed by atoms with E-state index in [2.05, 4.69) is 5.32 Å². The number of benzene rings is 2. The summed E-state index contributed by atoms with van der Waals surface area (Å²) < 4.78 is 26.4. The van der Waals surface area contributed by atoms with Crippen LogP contribution in [0.3, 0.4) is 0 Å². The summed E-state index contributed by atoms with van der Waals surface area (Å²) in [7, 11) is -3.52. The highest BCUT2D eigenvalue weighted by atomic mass is 32.2. The summed E-state index contributed by atoms with van der Waals surface area (Å²) in [6.45, 7) is 10.1. The van der Waals surface area contributed by atoms with Gasteiger partial charge in [0.2, 0.25) is 21.8 Å². The molecule has 0 aromatic heterocycles. The third-order valence-electron chi connectivity index (χ3n) is 6.30. The second-order valence-corrected chi connectivity index (χ2v) is 11.5. The van der Waals surface area contributed by atoms with Crippen LogP contribution in [0.15, 0.2) is 48.5 Å². The van der Waals surface area contributed by atoms with Crippen LogP contribution in [0.2, 0.25) is 0 Å². The first kappa shape index (κ1) is 29.4. The molecule has 0 aliphatic heterocycles. The number of carbonyl (C=O) groups is 2. The van der Waals surface area contributed by atoms with Crippen LogP contribution in [0.25, 0.3) is 0 Å². The van der Waals surface area contributed by atoms with E-state index in [1.807, 2.05) is 76.2 Å². The lowest BCUT2D eigenvalue weighted by atomic mass is 10.1. The molecule has 0 unspecified atom stereocenters. The molecule has 2 amide bonds. The Labute approximate surface area is 216 Å². The predicted molar refractivity (Wildman–Crippen MR) is 147 cm³/mol. The standard InChI is InChI=1S/C28H41N3O4S/c1-7-23(4)29-28(33)24(5)30(17-15-25-12-9-8-10-13-25)27(32)14-11-16-31(36(6,34)35)26-19-21(2)18-22(3)20-26/h8-10,12-13,18-20,23-24H,7,11,14-17H2,1-6H3,(H,29,33)/t23-,24-/m1/s1. The lowest BCUT2D eigenvalue weighted by molar-refractivity contribution is -0.140. The zero-order valence-corrected chi connectivity index (χ0v) is 23.3. The average Bonchev–Trinajstić information content (AvgIpc) is 2.80. The van der Waals surface area contributed by atoms with Crippen molar-refractivity contribution in [2.75, 3.05) is 23.7 Å². The fourth-order valence-electron chi connectivity index (χ4n) is 4.13. The quantitative estimate of drug-likeness (QED) is 0.433. The van der Waals surface area contributed by atoms with Gasteiger partial charge in [0.05, 0.1) is 11.9 Å². The van der Waals surface area contributed by atoms with Gasteiger partial charge in [-0.2, -0.15) is 0 Å². The maximum atomic E-state index is 13.3. The molecule has 0 aliphatic carbocycles. The molecule has 0 bridgehead atoms. The molecule has 36 heavy (non-hydrogen) atoms. The Morgan fingerprint density at radius 3 is 2.14 bits per heavy atom. The van der Waals surface area contributed by atoms with E-state index < -0.39 is 16.1 Å². The van der Waals surface area contributed by atoms with Gasteiger partial charge < -0.3 is 10.2 Å². The van der Waals surface area contributed by atoms with Crippen LogP contribution in [0, 0.1) is 13.8 Å². The van der Waals surface area contributed by atoms with Gasteiger partial charge in [-0.25, -0.2) is 8.42 Å². The summed E-state index contributed by atoms with van der Waals surface area (Å²) in [4.78, 5) is 27.8. The van der Waals surface area contributed by atoms with Crippen molar-refractivity contribution in [1.29, 1.82) is 0 Å². The molecule has 0 saturated carbocycles. The molecule has 8 heteroatoms. The van der Waals surface area contributed by atoms with E-state index in [9.17, 15) is 18.0 Å².